The summed E-state index contributed by atoms with van der Waals surface area (Å²) in [5, 5.41) is 0. The zero-order chi connectivity index (χ0) is 31.2. The minimum atomic E-state index is -5.07. The lowest BCUT2D eigenvalue weighted by Gasteiger charge is -2.38. The molecule has 0 spiro atoms. The van der Waals surface area contributed by atoms with Gasteiger partial charge in [0.15, 0.2) is 0 Å². The van der Waals surface area contributed by atoms with E-state index in [2.05, 4.69) is 4.98 Å². The lowest BCUT2D eigenvalue weighted by molar-refractivity contribution is -0.140. The van der Waals surface area contributed by atoms with Crippen molar-refractivity contribution in [3.63, 3.8) is 0 Å². The van der Waals surface area contributed by atoms with E-state index in [0.717, 1.165) is 35.2 Å². The quantitative estimate of drug-likeness (QED) is 0.388. The monoisotopic (exact) mass is 627 g/mol. The Kier molecular flexibility index (Phi) is 7.75. The number of sulfonamides is 1. The van der Waals surface area contributed by atoms with Crippen molar-refractivity contribution < 1.29 is 44.3 Å². The van der Waals surface area contributed by atoms with E-state index in [1.807, 2.05) is 0 Å². The second-order valence-electron chi connectivity index (χ2n) is 9.72. The summed E-state index contributed by atoms with van der Waals surface area (Å²) in [5.41, 5.74) is -2.27. The number of urea groups is 1. The molecule has 0 radical (unpaired) electrons. The maximum atomic E-state index is 13.8. The third-order valence-corrected chi connectivity index (χ3v) is 8.93. The minimum Gasteiger partial charge on any atom is -0.353 e. The molecule has 0 bridgehead atoms. The highest BCUT2D eigenvalue weighted by Gasteiger charge is 2.51. The highest BCUT2D eigenvalue weighted by atomic mass is 32.2. The normalized spacial score (nSPS) is 18.4. The maximum Gasteiger partial charge on any atom is 0.419 e. The zero-order valence-corrected chi connectivity index (χ0v) is 22.9. The minimum absolute atomic E-state index is 0.0428. The second-order valence-corrected chi connectivity index (χ2v) is 11.5. The molecular formula is C27H23F6N5O4S. The van der Waals surface area contributed by atoms with E-state index in [-0.39, 0.29) is 42.0 Å². The molecular weight excluding hydrogens is 604 g/mol. The van der Waals surface area contributed by atoms with Crippen LogP contribution in [0.25, 0.3) is 0 Å². The molecule has 1 unspecified atom stereocenters. The molecule has 2 aromatic carbocycles. The molecule has 0 N–H and O–H groups in total. The number of aromatic nitrogens is 1. The van der Waals surface area contributed by atoms with E-state index in [4.69, 9.17) is 0 Å². The van der Waals surface area contributed by atoms with Gasteiger partial charge in [0.05, 0.1) is 22.6 Å². The highest BCUT2D eigenvalue weighted by Crippen LogP contribution is 2.38. The Morgan fingerprint density at radius 3 is 2.00 bits per heavy atom. The van der Waals surface area contributed by atoms with Crippen molar-refractivity contribution in [1.29, 1.82) is 0 Å². The predicted molar refractivity (Wildman–Crippen MR) is 141 cm³/mol. The number of alkyl halides is 6. The largest absolute Gasteiger partial charge is 0.419 e. The molecule has 0 saturated carbocycles. The van der Waals surface area contributed by atoms with Crippen LogP contribution in [-0.4, -0.2) is 73.3 Å². The highest BCUT2D eigenvalue weighted by molar-refractivity contribution is 7.89. The SMILES string of the molecule is O=C(C1CN(S(=O)(=O)c2ccccc2C(F)(F)F)C(=O)N1c1ccccc1)N1CCN(c2ncccc2C(F)(F)F)CC1. The fourth-order valence-corrected chi connectivity index (χ4v) is 6.68. The second kappa shape index (κ2) is 11.1. The Bertz CT molecular complexity index is 1630. The topological polar surface area (TPSA) is 94.1 Å². The number of hydrogen-bond acceptors (Lipinski definition) is 6. The number of piperazine rings is 1. The molecule has 2 aliphatic heterocycles. The van der Waals surface area contributed by atoms with Gasteiger partial charge in [-0.25, -0.2) is 22.5 Å². The average Bonchev–Trinajstić information content (AvgIpc) is 3.34. The van der Waals surface area contributed by atoms with Gasteiger partial charge in [0.25, 0.3) is 10.0 Å². The number of benzene rings is 2. The van der Waals surface area contributed by atoms with Gasteiger partial charge in [-0.15, -0.1) is 0 Å². The first kappa shape index (κ1) is 30.1. The Morgan fingerprint density at radius 1 is 0.791 bits per heavy atom. The van der Waals surface area contributed by atoms with Crippen molar-refractivity contribution in [2.75, 3.05) is 42.5 Å². The molecule has 228 valence electrons. The molecule has 3 heterocycles. The molecule has 0 aliphatic carbocycles. The number of pyridine rings is 1. The van der Waals surface area contributed by atoms with E-state index >= 15 is 0 Å². The lowest BCUT2D eigenvalue weighted by atomic mass is 10.1. The third kappa shape index (κ3) is 5.70. The van der Waals surface area contributed by atoms with Crippen LogP contribution in [0.15, 0.2) is 77.8 Å². The van der Waals surface area contributed by atoms with Gasteiger partial charge in [-0.3, -0.25) is 9.69 Å². The number of amides is 3. The fraction of sp³-hybridized carbons (Fsp3) is 0.296. The molecule has 5 rings (SSSR count). The van der Waals surface area contributed by atoms with E-state index in [9.17, 15) is 44.3 Å². The van der Waals surface area contributed by atoms with Crippen LogP contribution in [0.2, 0.25) is 0 Å². The summed E-state index contributed by atoms with van der Waals surface area (Å²) < 4.78 is 109. The molecule has 2 aliphatic rings. The molecule has 9 nitrogen and oxygen atoms in total. The van der Waals surface area contributed by atoms with Crippen molar-refractivity contribution >= 4 is 33.5 Å². The Morgan fingerprint density at radius 2 is 1.37 bits per heavy atom. The van der Waals surface area contributed by atoms with Gasteiger partial charge in [-0.05, 0) is 36.4 Å². The van der Waals surface area contributed by atoms with Crippen LogP contribution in [0.4, 0.5) is 42.6 Å². The van der Waals surface area contributed by atoms with E-state index in [1.54, 1.807) is 6.07 Å². The first-order valence-electron chi connectivity index (χ1n) is 12.8. The van der Waals surface area contributed by atoms with Crippen LogP contribution in [0.1, 0.15) is 11.1 Å². The van der Waals surface area contributed by atoms with Crippen LogP contribution >= 0.6 is 0 Å². The standard InChI is InChI=1S/C27H23F6N5O4S/c28-26(29,30)19-9-4-5-11-22(19)43(41,42)37-17-21(38(25(37)40)18-7-2-1-3-8-18)24(39)36-15-13-35(14-16-36)23-20(27(31,32)33)10-6-12-34-23/h1-12,21H,13-17H2. The molecule has 2 fully saturated rings. The van der Waals surface area contributed by atoms with Gasteiger partial charge in [0.1, 0.15) is 11.9 Å². The van der Waals surface area contributed by atoms with Gasteiger partial charge >= 0.3 is 18.4 Å². The van der Waals surface area contributed by atoms with Gasteiger partial charge in [-0.2, -0.15) is 26.3 Å². The lowest BCUT2D eigenvalue weighted by Crippen LogP contribution is -2.55. The Hall–Kier alpha value is -4.34. The summed E-state index contributed by atoms with van der Waals surface area (Å²) in [6.07, 6.45) is -8.48. The molecule has 1 atom stereocenters. The van der Waals surface area contributed by atoms with Crippen LogP contribution in [0.3, 0.4) is 0 Å². The number of rotatable bonds is 5. The van der Waals surface area contributed by atoms with Crippen LogP contribution in [0, 0.1) is 0 Å². The van der Waals surface area contributed by atoms with Crippen LogP contribution in [0.5, 0.6) is 0 Å². The van der Waals surface area contributed by atoms with Gasteiger partial charge in [0, 0.05) is 38.1 Å². The van der Waals surface area contributed by atoms with Crippen molar-refractivity contribution in [3.8, 4) is 0 Å². The number of hydrogen-bond donors (Lipinski definition) is 0. The fourth-order valence-electron chi connectivity index (χ4n) is 5.10. The number of carbonyl (C=O) groups excluding carboxylic acids is 2. The van der Waals surface area contributed by atoms with Gasteiger partial charge < -0.3 is 9.80 Å². The number of halogens is 6. The van der Waals surface area contributed by atoms with E-state index < -0.39 is 62.9 Å². The average molecular weight is 628 g/mol. The summed E-state index contributed by atoms with van der Waals surface area (Å²) in [6, 6.07) is 10.4. The summed E-state index contributed by atoms with van der Waals surface area (Å²) in [7, 11) is -5.07. The van der Waals surface area contributed by atoms with Gasteiger partial charge in [0.2, 0.25) is 5.91 Å². The van der Waals surface area contributed by atoms with Crippen molar-refractivity contribution in [2.24, 2.45) is 0 Å². The summed E-state index contributed by atoms with van der Waals surface area (Å²) in [5.74, 6) is -1.01. The molecule has 1 aromatic heterocycles. The van der Waals surface area contributed by atoms with Crippen molar-refractivity contribution in [2.45, 2.75) is 23.3 Å². The van der Waals surface area contributed by atoms with Gasteiger partial charge in [-0.1, -0.05) is 30.3 Å². The van der Waals surface area contributed by atoms with Crippen molar-refractivity contribution in [3.05, 3.63) is 84.1 Å². The summed E-state index contributed by atoms with van der Waals surface area (Å²) >= 11 is 0. The Balaban J connectivity index is 1.43. The number of anilines is 2. The molecule has 3 aromatic rings. The molecule has 16 heteroatoms. The molecule has 43 heavy (non-hydrogen) atoms. The maximum absolute atomic E-state index is 13.8. The third-order valence-electron chi connectivity index (χ3n) is 7.13. The smallest absolute Gasteiger partial charge is 0.353 e. The van der Waals surface area contributed by atoms with Crippen LogP contribution in [-0.2, 0) is 27.2 Å². The summed E-state index contributed by atoms with van der Waals surface area (Å²) in [4.78, 5) is 33.6. The predicted octanol–water partition coefficient (Wildman–Crippen LogP) is 4.47. The van der Waals surface area contributed by atoms with E-state index in [1.165, 1.54) is 40.3 Å². The van der Waals surface area contributed by atoms with E-state index in [0.29, 0.717) is 6.07 Å². The first-order valence-corrected chi connectivity index (χ1v) is 14.3. The molecule has 3 amide bonds. The number of carbonyl (C=O) groups is 2. The number of para-hydroxylation sites is 1. The molecule has 2 saturated heterocycles. The first-order chi connectivity index (χ1) is 20.2. The zero-order valence-electron chi connectivity index (χ0n) is 22.1. The number of nitrogens with zero attached hydrogens (tertiary/aromatic N) is 5. The van der Waals surface area contributed by atoms with Crippen LogP contribution < -0.4 is 9.80 Å². The van der Waals surface area contributed by atoms with Crippen molar-refractivity contribution in [1.82, 2.24) is 14.2 Å². The summed E-state index contributed by atoms with van der Waals surface area (Å²) in [6.45, 7) is -1.02. The Labute approximate surface area is 242 Å².